The van der Waals surface area contributed by atoms with Gasteiger partial charge in [-0.1, -0.05) is 61.8 Å². The molecule has 0 aromatic heterocycles. The molecular formula is C15H18BrF5. The van der Waals surface area contributed by atoms with Crippen LogP contribution in [0.5, 0.6) is 0 Å². The molecular weight excluding hydrogens is 355 g/mol. The van der Waals surface area contributed by atoms with E-state index < -0.39 is 16.9 Å². The highest BCUT2D eigenvalue weighted by atomic mass is 79.9. The molecule has 0 amide bonds. The molecule has 0 aliphatic rings. The maximum Gasteiger partial charge on any atom is 0.454 e. The number of hydrogen-bond donors (Lipinski definition) is 0. The van der Waals surface area contributed by atoms with Gasteiger partial charge in [-0.3, -0.25) is 0 Å². The van der Waals surface area contributed by atoms with Crippen LogP contribution in [0.1, 0.15) is 61.0 Å². The predicted molar refractivity (Wildman–Crippen MR) is 77.3 cm³/mol. The molecule has 1 unspecified atom stereocenters. The van der Waals surface area contributed by atoms with Crippen molar-refractivity contribution in [2.24, 2.45) is 0 Å². The van der Waals surface area contributed by atoms with Gasteiger partial charge in [-0.15, -0.1) is 0 Å². The van der Waals surface area contributed by atoms with Crippen LogP contribution in [0.25, 0.3) is 0 Å². The first-order valence-electron chi connectivity index (χ1n) is 6.62. The molecule has 0 saturated carbocycles. The molecule has 0 fully saturated rings. The second kappa shape index (κ2) is 6.23. The third kappa shape index (κ3) is 3.76. The molecule has 0 heterocycles. The van der Waals surface area contributed by atoms with Crippen molar-refractivity contribution < 1.29 is 22.0 Å². The fraction of sp³-hybridized carbons (Fsp3) is 0.600. The predicted octanol–water partition coefficient (Wildman–Crippen LogP) is 6.57. The zero-order valence-corrected chi connectivity index (χ0v) is 13.8. The Kier molecular flexibility index (Phi) is 5.45. The van der Waals surface area contributed by atoms with Crippen LogP contribution in [-0.2, 0) is 0 Å². The average molecular weight is 373 g/mol. The Balaban J connectivity index is 3.36. The van der Waals surface area contributed by atoms with Gasteiger partial charge in [0.15, 0.2) is 0 Å². The lowest BCUT2D eigenvalue weighted by Crippen LogP contribution is -2.40. The monoisotopic (exact) mass is 372 g/mol. The van der Waals surface area contributed by atoms with Gasteiger partial charge < -0.3 is 0 Å². The van der Waals surface area contributed by atoms with Gasteiger partial charge >= 0.3 is 12.1 Å². The zero-order valence-electron chi connectivity index (χ0n) is 12.2. The van der Waals surface area contributed by atoms with Crippen LogP contribution in [-0.4, -0.2) is 12.1 Å². The molecule has 0 aliphatic carbocycles. The molecule has 0 spiro atoms. The third-order valence-corrected chi connectivity index (χ3v) is 4.44. The fourth-order valence-electron chi connectivity index (χ4n) is 2.02. The van der Waals surface area contributed by atoms with E-state index in [1.165, 1.54) is 6.07 Å². The summed E-state index contributed by atoms with van der Waals surface area (Å²) in [7, 11) is 0. The SMILES string of the molecule is CC(C)c1ccc(C(Br)C(F)(F)C(F)(F)F)c(C(C)C)c1. The average Bonchev–Trinajstić information content (AvgIpc) is 2.35. The van der Waals surface area contributed by atoms with Crippen LogP contribution in [0, 0.1) is 0 Å². The first-order chi connectivity index (χ1) is 9.39. The molecule has 1 aromatic rings. The summed E-state index contributed by atoms with van der Waals surface area (Å²) in [4.78, 5) is -2.09. The van der Waals surface area contributed by atoms with Crippen molar-refractivity contribution in [3.63, 3.8) is 0 Å². The number of benzene rings is 1. The summed E-state index contributed by atoms with van der Waals surface area (Å²) in [6.45, 7) is 7.42. The normalized spacial score (nSPS) is 14.9. The smallest absolute Gasteiger partial charge is 0.195 e. The number of hydrogen-bond acceptors (Lipinski definition) is 0. The van der Waals surface area contributed by atoms with Crippen LogP contribution >= 0.6 is 15.9 Å². The highest BCUT2D eigenvalue weighted by Gasteiger charge is 2.62. The van der Waals surface area contributed by atoms with E-state index in [-0.39, 0.29) is 17.4 Å². The molecule has 0 saturated heterocycles. The minimum atomic E-state index is -5.59. The van der Waals surface area contributed by atoms with Crippen LogP contribution in [0.2, 0.25) is 0 Å². The van der Waals surface area contributed by atoms with E-state index in [0.717, 1.165) is 5.56 Å². The van der Waals surface area contributed by atoms with E-state index >= 15 is 0 Å². The maximum absolute atomic E-state index is 13.5. The number of halogens is 6. The Morgan fingerprint density at radius 3 is 1.76 bits per heavy atom. The topological polar surface area (TPSA) is 0 Å². The van der Waals surface area contributed by atoms with Gasteiger partial charge in [-0.05, 0) is 28.5 Å². The molecule has 0 aliphatic heterocycles. The highest BCUT2D eigenvalue weighted by molar-refractivity contribution is 9.09. The lowest BCUT2D eigenvalue weighted by Gasteiger charge is -2.27. The Bertz CT molecular complexity index is 491. The summed E-state index contributed by atoms with van der Waals surface area (Å²) in [5, 5.41) is 0. The van der Waals surface area contributed by atoms with Crippen molar-refractivity contribution in [2.75, 3.05) is 0 Å². The van der Waals surface area contributed by atoms with Gasteiger partial charge in [-0.2, -0.15) is 22.0 Å². The standard InChI is InChI=1S/C15H18BrF5/c1-8(2)10-5-6-11(12(7-10)9(3)4)13(16)14(17,18)15(19,20)21/h5-9,13H,1-4H3. The van der Waals surface area contributed by atoms with Gasteiger partial charge in [0, 0.05) is 0 Å². The van der Waals surface area contributed by atoms with Crippen molar-refractivity contribution >= 4 is 15.9 Å². The molecule has 1 rings (SSSR count). The molecule has 21 heavy (non-hydrogen) atoms. The van der Waals surface area contributed by atoms with Crippen LogP contribution in [0.3, 0.4) is 0 Å². The number of rotatable bonds is 4. The molecule has 6 heteroatoms. The minimum Gasteiger partial charge on any atom is -0.195 e. The third-order valence-electron chi connectivity index (χ3n) is 3.37. The van der Waals surface area contributed by atoms with E-state index in [9.17, 15) is 22.0 Å². The first kappa shape index (κ1) is 18.4. The minimum absolute atomic E-state index is 0.0169. The largest absolute Gasteiger partial charge is 0.454 e. The zero-order chi connectivity index (χ0) is 16.6. The lowest BCUT2D eigenvalue weighted by molar-refractivity contribution is -0.281. The van der Waals surface area contributed by atoms with E-state index in [0.29, 0.717) is 5.56 Å². The Morgan fingerprint density at radius 1 is 0.857 bits per heavy atom. The summed E-state index contributed by atoms with van der Waals surface area (Å²) in [5.74, 6) is -4.80. The summed E-state index contributed by atoms with van der Waals surface area (Å²) in [6, 6.07) is 4.68. The quantitative estimate of drug-likeness (QED) is 0.414. The molecule has 0 bridgehead atoms. The van der Waals surface area contributed by atoms with Gasteiger partial charge in [0.2, 0.25) is 0 Å². The Hall–Kier alpha value is -0.650. The van der Waals surface area contributed by atoms with Crippen molar-refractivity contribution in [3.05, 3.63) is 34.9 Å². The fourth-order valence-corrected chi connectivity index (χ4v) is 2.70. The molecule has 1 aromatic carbocycles. The summed E-state index contributed by atoms with van der Waals surface area (Å²) in [6.07, 6.45) is -5.59. The van der Waals surface area contributed by atoms with E-state index in [1.807, 2.05) is 13.8 Å². The molecule has 120 valence electrons. The van der Waals surface area contributed by atoms with Crippen molar-refractivity contribution in [3.8, 4) is 0 Å². The first-order valence-corrected chi connectivity index (χ1v) is 7.53. The van der Waals surface area contributed by atoms with Gasteiger partial charge in [0.25, 0.3) is 0 Å². The van der Waals surface area contributed by atoms with Crippen LogP contribution in [0.4, 0.5) is 22.0 Å². The highest BCUT2D eigenvalue weighted by Crippen LogP contribution is 2.50. The van der Waals surface area contributed by atoms with Gasteiger partial charge in [0.1, 0.15) is 4.83 Å². The van der Waals surface area contributed by atoms with Crippen LogP contribution < -0.4 is 0 Å². The van der Waals surface area contributed by atoms with Crippen LogP contribution in [0.15, 0.2) is 18.2 Å². The van der Waals surface area contributed by atoms with Crippen molar-refractivity contribution in [1.82, 2.24) is 0 Å². The molecule has 0 N–H and O–H groups in total. The number of alkyl halides is 6. The van der Waals surface area contributed by atoms with E-state index in [2.05, 4.69) is 15.9 Å². The lowest BCUT2D eigenvalue weighted by atomic mass is 9.89. The second-order valence-electron chi connectivity index (χ2n) is 5.68. The van der Waals surface area contributed by atoms with Crippen molar-refractivity contribution in [2.45, 2.75) is 56.5 Å². The molecule has 0 nitrogen and oxygen atoms in total. The van der Waals surface area contributed by atoms with Crippen molar-refractivity contribution in [1.29, 1.82) is 0 Å². The van der Waals surface area contributed by atoms with E-state index in [4.69, 9.17) is 0 Å². The molecule has 1 atom stereocenters. The molecule has 0 radical (unpaired) electrons. The summed E-state index contributed by atoms with van der Waals surface area (Å²) < 4.78 is 64.7. The maximum atomic E-state index is 13.5. The second-order valence-corrected chi connectivity index (χ2v) is 6.60. The van der Waals surface area contributed by atoms with Gasteiger partial charge in [-0.25, -0.2) is 0 Å². The van der Waals surface area contributed by atoms with Gasteiger partial charge in [0.05, 0.1) is 0 Å². The Morgan fingerprint density at radius 2 is 1.38 bits per heavy atom. The van der Waals surface area contributed by atoms with E-state index in [1.54, 1.807) is 26.0 Å². The summed E-state index contributed by atoms with van der Waals surface area (Å²) >= 11 is 2.55. The Labute approximate surface area is 129 Å². The summed E-state index contributed by atoms with van der Waals surface area (Å²) in [5.41, 5.74) is 1.40.